The Bertz CT molecular complexity index is 518. The first-order valence-electron chi connectivity index (χ1n) is 8.51. The van der Waals surface area contributed by atoms with Crippen LogP contribution in [0.15, 0.2) is 23.2 Å². The second-order valence-corrected chi connectivity index (χ2v) is 6.80. The number of piperidine rings is 1. The van der Waals surface area contributed by atoms with Crippen molar-refractivity contribution in [2.24, 2.45) is 11.8 Å². The molecule has 0 spiro atoms. The number of nitrogens with zero attached hydrogens (tertiary/aromatic N) is 1. The topological polar surface area (TPSA) is 50.8 Å². The van der Waals surface area contributed by atoms with E-state index in [-0.39, 0.29) is 5.91 Å². The molecule has 3 aliphatic heterocycles. The molecule has 4 aliphatic rings. The van der Waals surface area contributed by atoms with Gasteiger partial charge in [0.05, 0.1) is 0 Å². The molecule has 0 aromatic rings. The van der Waals surface area contributed by atoms with Crippen molar-refractivity contribution < 1.29 is 14.3 Å². The number of carbonyl (C=O) groups is 1. The molecule has 120 valence electrons. The van der Waals surface area contributed by atoms with Crippen LogP contribution in [0.1, 0.15) is 32.1 Å². The smallest absolute Gasteiger partial charge is 0.250 e. The van der Waals surface area contributed by atoms with Gasteiger partial charge in [0.1, 0.15) is 5.76 Å². The molecule has 5 nitrogen and oxygen atoms in total. The maximum atomic E-state index is 12.8. The molecular formula is C17H24N2O3. The van der Waals surface area contributed by atoms with E-state index in [0.29, 0.717) is 18.6 Å². The van der Waals surface area contributed by atoms with Crippen molar-refractivity contribution in [1.29, 1.82) is 0 Å². The Labute approximate surface area is 131 Å². The summed E-state index contributed by atoms with van der Waals surface area (Å²) in [4.78, 5) is 14.9. The maximum Gasteiger partial charge on any atom is 0.250 e. The minimum Gasteiger partial charge on any atom is -0.458 e. The maximum absolute atomic E-state index is 12.8. The van der Waals surface area contributed by atoms with Gasteiger partial charge in [0.15, 0.2) is 5.76 Å². The van der Waals surface area contributed by atoms with Gasteiger partial charge in [-0.3, -0.25) is 4.79 Å². The summed E-state index contributed by atoms with van der Waals surface area (Å²) in [5, 5.41) is 3.49. The molecule has 1 aliphatic carbocycles. The standard InChI is InChI=1S/C17H24N2O3/c20-17-14-8-16-15(21-11-22-16)7-13(14)4-6-19(17)10-12-3-1-2-5-18-9-12/h8,12-13,18H,1-7,9-11H2. The molecule has 2 saturated heterocycles. The largest absolute Gasteiger partial charge is 0.458 e. The number of carbonyl (C=O) groups excluding carboxylic acids is 1. The van der Waals surface area contributed by atoms with Crippen LogP contribution in [0.4, 0.5) is 0 Å². The number of hydrogen-bond donors (Lipinski definition) is 1. The van der Waals surface area contributed by atoms with Crippen LogP contribution in [0.2, 0.25) is 0 Å². The minimum atomic E-state index is 0.211. The molecule has 2 atom stereocenters. The first-order chi connectivity index (χ1) is 10.8. The molecule has 5 heteroatoms. The summed E-state index contributed by atoms with van der Waals surface area (Å²) < 4.78 is 10.9. The average Bonchev–Trinajstić information content (AvgIpc) is 2.83. The normalized spacial score (nSPS) is 31.7. The average molecular weight is 304 g/mol. The van der Waals surface area contributed by atoms with Crippen LogP contribution in [-0.2, 0) is 14.3 Å². The first kappa shape index (κ1) is 14.1. The number of nitrogens with one attached hydrogen (secondary N) is 1. The predicted octanol–water partition coefficient (Wildman–Crippen LogP) is 1.77. The third kappa shape index (κ3) is 2.62. The van der Waals surface area contributed by atoms with E-state index >= 15 is 0 Å². The highest BCUT2D eigenvalue weighted by Gasteiger charge is 2.37. The highest BCUT2D eigenvalue weighted by Crippen LogP contribution is 2.38. The molecule has 0 bridgehead atoms. The SMILES string of the molecule is O=C1C2=CC3=C(CC2CCN1CC1CCCCNC1)OCO3. The Kier molecular flexibility index (Phi) is 3.82. The lowest BCUT2D eigenvalue weighted by atomic mass is 9.83. The molecule has 22 heavy (non-hydrogen) atoms. The van der Waals surface area contributed by atoms with Gasteiger partial charge in [-0.15, -0.1) is 0 Å². The second kappa shape index (κ2) is 5.95. The van der Waals surface area contributed by atoms with Crippen molar-refractivity contribution in [3.8, 4) is 0 Å². The molecule has 2 unspecified atom stereocenters. The molecular weight excluding hydrogens is 280 g/mol. The van der Waals surface area contributed by atoms with E-state index in [1.807, 2.05) is 6.08 Å². The molecule has 1 N–H and O–H groups in total. The zero-order valence-electron chi connectivity index (χ0n) is 13.0. The van der Waals surface area contributed by atoms with Crippen molar-refractivity contribution in [3.63, 3.8) is 0 Å². The highest BCUT2D eigenvalue weighted by molar-refractivity contribution is 5.95. The van der Waals surface area contributed by atoms with E-state index in [4.69, 9.17) is 9.47 Å². The number of rotatable bonds is 2. The van der Waals surface area contributed by atoms with Crippen molar-refractivity contribution in [2.75, 3.05) is 33.0 Å². The molecule has 0 saturated carbocycles. The van der Waals surface area contributed by atoms with Gasteiger partial charge in [-0.2, -0.15) is 0 Å². The Morgan fingerprint density at radius 1 is 1.27 bits per heavy atom. The number of allylic oxidation sites excluding steroid dienone is 2. The molecule has 3 heterocycles. The molecule has 2 fully saturated rings. The zero-order valence-corrected chi connectivity index (χ0v) is 13.0. The van der Waals surface area contributed by atoms with Crippen molar-refractivity contribution >= 4 is 5.91 Å². The lowest BCUT2D eigenvalue weighted by molar-refractivity contribution is -0.130. The monoisotopic (exact) mass is 304 g/mol. The van der Waals surface area contributed by atoms with E-state index < -0.39 is 0 Å². The van der Waals surface area contributed by atoms with Gasteiger partial charge < -0.3 is 19.7 Å². The van der Waals surface area contributed by atoms with Gasteiger partial charge in [0.25, 0.3) is 0 Å². The van der Waals surface area contributed by atoms with Crippen molar-refractivity contribution in [3.05, 3.63) is 23.2 Å². The summed E-state index contributed by atoms with van der Waals surface area (Å²) in [6, 6.07) is 0. The molecule has 0 radical (unpaired) electrons. The third-order valence-electron chi connectivity index (χ3n) is 5.29. The summed E-state index contributed by atoms with van der Waals surface area (Å²) >= 11 is 0. The predicted molar refractivity (Wildman–Crippen MR) is 81.7 cm³/mol. The second-order valence-electron chi connectivity index (χ2n) is 6.80. The Morgan fingerprint density at radius 3 is 3.18 bits per heavy atom. The van der Waals surface area contributed by atoms with Crippen LogP contribution in [0, 0.1) is 11.8 Å². The zero-order chi connectivity index (χ0) is 14.9. The summed E-state index contributed by atoms with van der Waals surface area (Å²) in [6.07, 6.45) is 7.55. The Hall–Kier alpha value is -1.49. The van der Waals surface area contributed by atoms with Crippen LogP contribution in [0.25, 0.3) is 0 Å². The summed E-state index contributed by atoms with van der Waals surface area (Å²) in [5.74, 6) is 2.83. The molecule has 0 aromatic heterocycles. The molecule has 0 aromatic carbocycles. The van der Waals surface area contributed by atoms with Gasteiger partial charge in [-0.1, -0.05) is 6.42 Å². The summed E-state index contributed by atoms with van der Waals surface area (Å²) in [5.41, 5.74) is 0.928. The van der Waals surface area contributed by atoms with Crippen LogP contribution in [-0.4, -0.2) is 43.8 Å². The summed E-state index contributed by atoms with van der Waals surface area (Å²) in [7, 11) is 0. The third-order valence-corrected chi connectivity index (χ3v) is 5.29. The van der Waals surface area contributed by atoms with E-state index in [2.05, 4.69) is 10.2 Å². The Morgan fingerprint density at radius 2 is 2.23 bits per heavy atom. The van der Waals surface area contributed by atoms with Crippen LogP contribution in [0.5, 0.6) is 0 Å². The minimum absolute atomic E-state index is 0.211. The number of fused-ring (bicyclic) bond motifs is 1. The van der Waals surface area contributed by atoms with Crippen molar-refractivity contribution in [2.45, 2.75) is 32.1 Å². The highest BCUT2D eigenvalue weighted by atomic mass is 16.7. The van der Waals surface area contributed by atoms with Crippen molar-refractivity contribution in [1.82, 2.24) is 10.2 Å². The quantitative estimate of drug-likeness (QED) is 0.845. The van der Waals surface area contributed by atoms with Gasteiger partial charge >= 0.3 is 0 Å². The first-order valence-corrected chi connectivity index (χ1v) is 8.51. The van der Waals surface area contributed by atoms with E-state index in [0.717, 1.165) is 56.1 Å². The number of ether oxygens (including phenoxy) is 2. The fourth-order valence-corrected chi connectivity index (χ4v) is 4.01. The lowest BCUT2D eigenvalue weighted by Gasteiger charge is -2.36. The lowest BCUT2D eigenvalue weighted by Crippen LogP contribution is -2.45. The van der Waals surface area contributed by atoms with Gasteiger partial charge in [-0.25, -0.2) is 0 Å². The number of amides is 1. The van der Waals surface area contributed by atoms with Crippen LogP contribution >= 0.6 is 0 Å². The fraction of sp³-hybridized carbons (Fsp3) is 0.706. The van der Waals surface area contributed by atoms with E-state index in [1.54, 1.807) is 0 Å². The number of likely N-dealkylation sites (tertiary alicyclic amines) is 1. The van der Waals surface area contributed by atoms with Crippen LogP contribution < -0.4 is 5.32 Å². The van der Waals surface area contributed by atoms with E-state index in [9.17, 15) is 4.79 Å². The molecule has 1 amide bonds. The summed E-state index contributed by atoms with van der Waals surface area (Å²) in [6.45, 7) is 4.22. The fourth-order valence-electron chi connectivity index (χ4n) is 4.01. The Balaban J connectivity index is 1.46. The number of hydrogen-bond acceptors (Lipinski definition) is 4. The van der Waals surface area contributed by atoms with Crippen LogP contribution in [0.3, 0.4) is 0 Å². The van der Waals surface area contributed by atoms with Gasteiger partial charge in [-0.05, 0) is 50.3 Å². The van der Waals surface area contributed by atoms with E-state index in [1.165, 1.54) is 19.3 Å². The van der Waals surface area contributed by atoms with Gasteiger partial charge in [0, 0.05) is 25.1 Å². The molecule has 4 rings (SSSR count). The van der Waals surface area contributed by atoms with Gasteiger partial charge in [0.2, 0.25) is 12.7 Å².